The molecule has 4 rings (SSSR count). The first kappa shape index (κ1) is 22.7. The Balaban J connectivity index is 1.45. The Morgan fingerprint density at radius 3 is 1.06 bits per heavy atom. The maximum absolute atomic E-state index is 12.5. The van der Waals surface area contributed by atoms with E-state index in [1.807, 2.05) is 109 Å². The molecule has 168 valence electrons. The van der Waals surface area contributed by atoms with Crippen LogP contribution in [0.4, 0.5) is 11.4 Å². The summed E-state index contributed by atoms with van der Waals surface area (Å²) in [5.41, 5.74) is 7.04. The van der Waals surface area contributed by atoms with Crippen LogP contribution in [0.1, 0.15) is 45.7 Å². The summed E-state index contributed by atoms with van der Waals surface area (Å²) >= 11 is 0. The molecule has 0 atom stereocenters. The van der Waals surface area contributed by atoms with Crippen molar-refractivity contribution in [1.82, 2.24) is 0 Å². The van der Waals surface area contributed by atoms with Gasteiger partial charge in [-0.15, -0.1) is 0 Å². The maximum Gasteiger partial charge on any atom is 0.255 e. The zero-order chi connectivity index (χ0) is 23.9. The van der Waals surface area contributed by atoms with Crippen molar-refractivity contribution >= 4 is 34.3 Å². The second kappa shape index (κ2) is 10.5. The fraction of sp³-hybridized carbons (Fsp3) is 0.0667. The zero-order valence-electron chi connectivity index (χ0n) is 19.2. The molecule has 2 N–H and O–H groups in total. The molecule has 0 radical (unpaired) electrons. The number of rotatable bonds is 6. The molecule has 0 heterocycles. The Labute approximate surface area is 200 Å². The Kier molecular flexibility index (Phi) is 6.99. The van der Waals surface area contributed by atoms with Gasteiger partial charge >= 0.3 is 0 Å². The van der Waals surface area contributed by atoms with E-state index in [4.69, 9.17) is 0 Å². The summed E-state index contributed by atoms with van der Waals surface area (Å²) in [4.78, 5) is 25.0. The third-order valence-electron chi connectivity index (χ3n) is 5.79. The molecule has 0 aliphatic carbocycles. The van der Waals surface area contributed by atoms with Crippen LogP contribution in [-0.2, 0) is 0 Å². The van der Waals surface area contributed by atoms with Crippen molar-refractivity contribution < 1.29 is 9.59 Å². The predicted octanol–water partition coefficient (Wildman–Crippen LogP) is 7.14. The summed E-state index contributed by atoms with van der Waals surface area (Å²) in [5, 5.41) is 5.80. The number of hydrogen-bond acceptors (Lipinski definition) is 2. The van der Waals surface area contributed by atoms with Crippen LogP contribution in [0.2, 0.25) is 0 Å². The van der Waals surface area contributed by atoms with Crippen LogP contribution >= 0.6 is 0 Å². The lowest BCUT2D eigenvalue weighted by Crippen LogP contribution is -2.11. The molecule has 2 amide bonds. The normalized spacial score (nSPS) is 11.4. The molecule has 4 aromatic rings. The average Bonchev–Trinajstić information content (AvgIpc) is 2.89. The van der Waals surface area contributed by atoms with Crippen molar-refractivity contribution in [1.29, 1.82) is 0 Å². The molecule has 0 bridgehead atoms. The van der Waals surface area contributed by atoms with Gasteiger partial charge in [-0.25, -0.2) is 0 Å². The number of hydrogen-bond donors (Lipinski definition) is 2. The van der Waals surface area contributed by atoms with E-state index in [-0.39, 0.29) is 11.8 Å². The summed E-state index contributed by atoms with van der Waals surface area (Å²) in [6, 6.07) is 34.0. The van der Waals surface area contributed by atoms with Crippen LogP contribution < -0.4 is 10.6 Å². The molecule has 0 aromatic heterocycles. The average molecular weight is 447 g/mol. The fourth-order valence-electron chi connectivity index (χ4n) is 3.63. The van der Waals surface area contributed by atoms with Gasteiger partial charge in [-0.2, -0.15) is 0 Å². The number of anilines is 2. The molecule has 4 heteroatoms. The van der Waals surface area contributed by atoms with E-state index >= 15 is 0 Å². The van der Waals surface area contributed by atoms with E-state index in [1.165, 1.54) is 0 Å². The van der Waals surface area contributed by atoms with Crippen molar-refractivity contribution in [3.8, 4) is 0 Å². The van der Waals surface area contributed by atoms with Gasteiger partial charge < -0.3 is 10.6 Å². The van der Waals surface area contributed by atoms with E-state index in [0.29, 0.717) is 11.1 Å². The summed E-state index contributed by atoms with van der Waals surface area (Å²) < 4.78 is 0. The monoisotopic (exact) mass is 446 g/mol. The van der Waals surface area contributed by atoms with E-state index < -0.39 is 0 Å². The van der Waals surface area contributed by atoms with Crippen LogP contribution in [-0.4, -0.2) is 11.8 Å². The van der Waals surface area contributed by atoms with E-state index in [0.717, 1.165) is 33.6 Å². The summed E-state index contributed by atoms with van der Waals surface area (Å²) in [5.74, 6) is -0.277. The second-order valence-corrected chi connectivity index (χ2v) is 8.04. The molecule has 0 saturated carbocycles. The van der Waals surface area contributed by atoms with Gasteiger partial charge in [0.2, 0.25) is 0 Å². The summed E-state index contributed by atoms with van der Waals surface area (Å²) in [7, 11) is 0. The molecule has 4 aromatic carbocycles. The molecule has 0 aliphatic heterocycles. The van der Waals surface area contributed by atoms with Gasteiger partial charge in [0, 0.05) is 22.5 Å². The Hall–Kier alpha value is -4.44. The van der Waals surface area contributed by atoms with Gasteiger partial charge in [-0.05, 0) is 84.7 Å². The molecule has 34 heavy (non-hydrogen) atoms. The molecule has 0 saturated heterocycles. The highest BCUT2D eigenvalue weighted by atomic mass is 16.2. The number of amides is 2. The molecular formula is C30H26N2O2. The van der Waals surface area contributed by atoms with Crippen LogP contribution in [0, 0.1) is 0 Å². The standard InChI is InChI=1S/C30H26N2O2/c1-21(23-13-17-25(18-14-23)29(33)31-27-9-5-3-6-10-27)22(2)24-15-19-26(20-16-24)30(34)32-28-11-7-4-8-12-28/h3-20H,1-2H3,(H,31,33)(H,32,34)/b22-21+. The summed E-state index contributed by atoms with van der Waals surface area (Å²) in [6.45, 7) is 4.12. The van der Waals surface area contributed by atoms with Gasteiger partial charge in [-0.1, -0.05) is 60.7 Å². The fourth-order valence-corrected chi connectivity index (χ4v) is 3.63. The van der Waals surface area contributed by atoms with Gasteiger partial charge in [-0.3, -0.25) is 9.59 Å². The number of para-hydroxylation sites is 2. The molecule has 0 unspecified atom stereocenters. The molecule has 4 nitrogen and oxygen atoms in total. The van der Waals surface area contributed by atoms with Crippen molar-refractivity contribution in [2.24, 2.45) is 0 Å². The molecule has 0 spiro atoms. The number of carbonyl (C=O) groups is 2. The molecule has 0 aliphatic rings. The molecular weight excluding hydrogens is 420 g/mol. The minimum Gasteiger partial charge on any atom is -0.322 e. The highest BCUT2D eigenvalue weighted by molar-refractivity contribution is 6.05. The van der Waals surface area contributed by atoms with Gasteiger partial charge in [0.15, 0.2) is 0 Å². The van der Waals surface area contributed by atoms with Crippen LogP contribution in [0.25, 0.3) is 11.1 Å². The van der Waals surface area contributed by atoms with Crippen LogP contribution in [0.15, 0.2) is 109 Å². The first-order valence-electron chi connectivity index (χ1n) is 11.1. The van der Waals surface area contributed by atoms with Crippen LogP contribution in [0.3, 0.4) is 0 Å². The van der Waals surface area contributed by atoms with E-state index in [2.05, 4.69) is 24.5 Å². The number of carbonyl (C=O) groups excluding carboxylic acids is 2. The number of allylic oxidation sites excluding steroid dienone is 2. The zero-order valence-corrected chi connectivity index (χ0v) is 19.2. The Bertz CT molecular complexity index is 1200. The maximum atomic E-state index is 12.5. The van der Waals surface area contributed by atoms with Crippen molar-refractivity contribution in [2.45, 2.75) is 13.8 Å². The minimum atomic E-state index is -0.138. The van der Waals surface area contributed by atoms with E-state index in [1.54, 1.807) is 0 Å². The number of benzene rings is 4. The van der Waals surface area contributed by atoms with Crippen molar-refractivity contribution in [2.75, 3.05) is 10.6 Å². The lowest BCUT2D eigenvalue weighted by molar-refractivity contribution is 0.101. The van der Waals surface area contributed by atoms with Crippen molar-refractivity contribution in [3.63, 3.8) is 0 Å². The largest absolute Gasteiger partial charge is 0.322 e. The smallest absolute Gasteiger partial charge is 0.255 e. The van der Waals surface area contributed by atoms with Gasteiger partial charge in [0.25, 0.3) is 11.8 Å². The Morgan fingerprint density at radius 1 is 0.441 bits per heavy atom. The topological polar surface area (TPSA) is 58.2 Å². The first-order chi connectivity index (χ1) is 16.5. The van der Waals surface area contributed by atoms with Gasteiger partial charge in [0.1, 0.15) is 0 Å². The van der Waals surface area contributed by atoms with Crippen molar-refractivity contribution in [3.05, 3.63) is 131 Å². The highest BCUT2D eigenvalue weighted by Gasteiger charge is 2.10. The third-order valence-corrected chi connectivity index (χ3v) is 5.79. The quantitative estimate of drug-likeness (QED) is 0.309. The Morgan fingerprint density at radius 2 is 0.735 bits per heavy atom. The summed E-state index contributed by atoms with van der Waals surface area (Å²) in [6.07, 6.45) is 0. The lowest BCUT2D eigenvalue weighted by Gasteiger charge is -2.11. The molecule has 0 fully saturated rings. The minimum absolute atomic E-state index is 0.138. The SMILES string of the molecule is C/C(=C(/C)c1ccc(C(=O)Nc2ccccc2)cc1)c1ccc(C(=O)Nc2ccccc2)cc1. The number of nitrogens with one attached hydrogen (secondary N) is 2. The van der Waals surface area contributed by atoms with Gasteiger partial charge in [0.05, 0.1) is 0 Å². The third kappa shape index (κ3) is 5.48. The van der Waals surface area contributed by atoms with E-state index in [9.17, 15) is 9.59 Å². The lowest BCUT2D eigenvalue weighted by atomic mass is 9.95. The predicted molar refractivity (Wildman–Crippen MR) is 140 cm³/mol. The second-order valence-electron chi connectivity index (χ2n) is 8.04. The first-order valence-corrected chi connectivity index (χ1v) is 11.1. The highest BCUT2D eigenvalue weighted by Crippen LogP contribution is 2.26. The van der Waals surface area contributed by atoms with Crippen LogP contribution in [0.5, 0.6) is 0 Å².